The summed E-state index contributed by atoms with van der Waals surface area (Å²) in [6, 6.07) is 7.66. The number of aromatic nitrogens is 1. The third-order valence-corrected chi connectivity index (χ3v) is 3.90. The first-order chi connectivity index (χ1) is 10.7. The Bertz CT molecular complexity index is 746. The third-order valence-electron chi connectivity index (χ3n) is 3.90. The maximum atomic E-state index is 10.9. The van der Waals surface area contributed by atoms with Gasteiger partial charge in [0.15, 0.2) is 0 Å². The lowest BCUT2D eigenvalue weighted by Crippen LogP contribution is -2.41. The number of likely N-dealkylation sites (tertiary alicyclic amines) is 1. The van der Waals surface area contributed by atoms with Crippen molar-refractivity contribution in [2.45, 2.75) is 18.9 Å². The minimum absolute atomic E-state index is 0.0676. The Hall–Kier alpha value is -2.81. The van der Waals surface area contributed by atoms with Gasteiger partial charge in [0, 0.05) is 49.1 Å². The molecule has 0 bridgehead atoms. The van der Waals surface area contributed by atoms with E-state index in [1.165, 1.54) is 4.90 Å². The molecule has 6 heteroatoms. The minimum Gasteiger partial charge on any atom is -0.489 e. The summed E-state index contributed by atoms with van der Waals surface area (Å²) < 4.78 is 5.95. The molecule has 2 heterocycles. The molecule has 1 aromatic carbocycles. The lowest BCUT2D eigenvalue weighted by atomic mass is 10.1. The van der Waals surface area contributed by atoms with Gasteiger partial charge in [0.1, 0.15) is 23.5 Å². The number of nitriles is 1. The van der Waals surface area contributed by atoms with Gasteiger partial charge in [-0.2, -0.15) is 5.26 Å². The van der Waals surface area contributed by atoms with Crippen LogP contribution in [-0.2, 0) is 0 Å². The van der Waals surface area contributed by atoms with E-state index in [-0.39, 0.29) is 6.10 Å². The number of amides is 1. The summed E-state index contributed by atoms with van der Waals surface area (Å²) in [5, 5.41) is 20.1. The molecule has 0 spiro atoms. The highest BCUT2D eigenvalue weighted by atomic mass is 16.5. The largest absolute Gasteiger partial charge is 0.489 e. The molecule has 1 fully saturated rings. The predicted octanol–water partition coefficient (Wildman–Crippen LogP) is 2.63. The van der Waals surface area contributed by atoms with Gasteiger partial charge < -0.3 is 14.7 Å². The van der Waals surface area contributed by atoms with Crippen LogP contribution in [0.4, 0.5) is 4.79 Å². The van der Waals surface area contributed by atoms with E-state index in [2.05, 4.69) is 11.1 Å². The van der Waals surface area contributed by atoms with Crippen molar-refractivity contribution >= 4 is 16.9 Å². The lowest BCUT2D eigenvalue weighted by Gasteiger charge is -2.30. The summed E-state index contributed by atoms with van der Waals surface area (Å²) in [7, 11) is 0. The molecule has 3 rings (SSSR count). The third kappa shape index (κ3) is 2.66. The monoisotopic (exact) mass is 297 g/mol. The van der Waals surface area contributed by atoms with Crippen molar-refractivity contribution in [2.24, 2.45) is 0 Å². The summed E-state index contributed by atoms with van der Waals surface area (Å²) in [5.74, 6) is 0.551. The Labute approximate surface area is 127 Å². The van der Waals surface area contributed by atoms with Crippen LogP contribution in [0.25, 0.3) is 10.8 Å². The Balaban J connectivity index is 1.80. The average Bonchev–Trinajstić information content (AvgIpc) is 2.55. The predicted molar refractivity (Wildman–Crippen MR) is 79.7 cm³/mol. The topological polar surface area (TPSA) is 86.5 Å². The van der Waals surface area contributed by atoms with Crippen molar-refractivity contribution in [3.05, 3.63) is 36.2 Å². The van der Waals surface area contributed by atoms with Crippen LogP contribution in [0.5, 0.6) is 5.75 Å². The van der Waals surface area contributed by atoms with Gasteiger partial charge in [-0.25, -0.2) is 4.79 Å². The van der Waals surface area contributed by atoms with E-state index < -0.39 is 6.09 Å². The zero-order chi connectivity index (χ0) is 15.5. The Morgan fingerprint density at radius 1 is 1.36 bits per heavy atom. The summed E-state index contributed by atoms with van der Waals surface area (Å²) in [6.45, 7) is 0.915. The number of piperidine rings is 1. The molecular formula is C16H15N3O3. The quantitative estimate of drug-likeness (QED) is 0.920. The normalized spacial score (nSPS) is 15.5. The number of nitrogens with zero attached hydrogens (tertiary/aromatic N) is 3. The highest BCUT2D eigenvalue weighted by Gasteiger charge is 2.24. The zero-order valence-electron chi connectivity index (χ0n) is 11.9. The van der Waals surface area contributed by atoms with E-state index in [1.54, 1.807) is 24.5 Å². The first kappa shape index (κ1) is 14.1. The molecule has 2 aromatic rings. The van der Waals surface area contributed by atoms with Crippen LogP contribution in [0.3, 0.4) is 0 Å². The smallest absolute Gasteiger partial charge is 0.407 e. The first-order valence-corrected chi connectivity index (χ1v) is 7.10. The average molecular weight is 297 g/mol. The van der Waals surface area contributed by atoms with Gasteiger partial charge in [-0.05, 0) is 18.2 Å². The molecule has 112 valence electrons. The van der Waals surface area contributed by atoms with Crippen molar-refractivity contribution in [1.82, 2.24) is 9.88 Å². The molecule has 0 unspecified atom stereocenters. The minimum atomic E-state index is -0.894. The standard InChI is InChI=1S/C16H15N3O3/c17-9-14-13-3-6-18-10-11(13)1-2-15(14)22-12-4-7-19(8-5-12)16(20)21/h1-3,6,10,12H,4-5,7-8H2,(H,20,21). The van der Waals surface area contributed by atoms with E-state index in [9.17, 15) is 10.1 Å². The number of benzene rings is 1. The highest BCUT2D eigenvalue weighted by Crippen LogP contribution is 2.29. The molecule has 0 saturated carbocycles. The van der Waals surface area contributed by atoms with Crippen LogP contribution in [-0.4, -0.2) is 40.3 Å². The van der Waals surface area contributed by atoms with Crippen LogP contribution in [0.1, 0.15) is 18.4 Å². The van der Waals surface area contributed by atoms with Crippen LogP contribution < -0.4 is 4.74 Å². The Morgan fingerprint density at radius 2 is 2.14 bits per heavy atom. The molecule has 1 amide bonds. The van der Waals surface area contributed by atoms with E-state index in [0.717, 1.165) is 10.8 Å². The van der Waals surface area contributed by atoms with E-state index in [1.807, 2.05) is 6.07 Å². The van der Waals surface area contributed by atoms with Gasteiger partial charge in [-0.1, -0.05) is 0 Å². The van der Waals surface area contributed by atoms with Gasteiger partial charge >= 0.3 is 6.09 Å². The fraction of sp³-hybridized carbons (Fsp3) is 0.312. The summed E-state index contributed by atoms with van der Waals surface area (Å²) in [4.78, 5) is 16.3. The maximum absolute atomic E-state index is 10.9. The highest BCUT2D eigenvalue weighted by molar-refractivity contribution is 5.89. The Morgan fingerprint density at radius 3 is 2.82 bits per heavy atom. The molecule has 1 saturated heterocycles. The second-order valence-electron chi connectivity index (χ2n) is 5.23. The van der Waals surface area contributed by atoms with Crippen molar-refractivity contribution < 1.29 is 14.6 Å². The fourth-order valence-corrected chi connectivity index (χ4v) is 2.71. The maximum Gasteiger partial charge on any atom is 0.407 e. The summed E-state index contributed by atoms with van der Waals surface area (Å²) in [5.41, 5.74) is 0.501. The van der Waals surface area contributed by atoms with E-state index in [0.29, 0.717) is 37.2 Å². The number of carbonyl (C=O) groups is 1. The molecule has 6 nitrogen and oxygen atoms in total. The second kappa shape index (κ2) is 5.90. The number of hydrogen-bond acceptors (Lipinski definition) is 4. The van der Waals surface area contributed by atoms with Crippen LogP contribution in [0.2, 0.25) is 0 Å². The second-order valence-corrected chi connectivity index (χ2v) is 5.23. The van der Waals surface area contributed by atoms with E-state index in [4.69, 9.17) is 9.84 Å². The molecule has 0 aliphatic carbocycles. The van der Waals surface area contributed by atoms with Gasteiger partial charge in [0.05, 0.1) is 0 Å². The molecule has 1 N–H and O–H groups in total. The van der Waals surface area contributed by atoms with E-state index >= 15 is 0 Å². The molecule has 1 aliphatic heterocycles. The molecule has 0 atom stereocenters. The number of hydrogen-bond donors (Lipinski definition) is 1. The first-order valence-electron chi connectivity index (χ1n) is 7.10. The molecule has 1 aromatic heterocycles. The van der Waals surface area contributed by atoms with Crippen molar-refractivity contribution in [3.8, 4) is 11.8 Å². The molecule has 22 heavy (non-hydrogen) atoms. The van der Waals surface area contributed by atoms with Crippen LogP contribution in [0, 0.1) is 11.3 Å². The van der Waals surface area contributed by atoms with Crippen LogP contribution in [0.15, 0.2) is 30.6 Å². The van der Waals surface area contributed by atoms with Crippen LogP contribution >= 0.6 is 0 Å². The van der Waals surface area contributed by atoms with Gasteiger partial charge in [-0.3, -0.25) is 4.98 Å². The SMILES string of the molecule is N#Cc1c(OC2CCN(C(=O)O)CC2)ccc2cnccc12. The lowest BCUT2D eigenvalue weighted by molar-refractivity contribution is 0.0894. The summed E-state index contributed by atoms with van der Waals surface area (Å²) in [6.07, 6.45) is 3.66. The molecule has 0 radical (unpaired) electrons. The van der Waals surface area contributed by atoms with Crippen molar-refractivity contribution in [3.63, 3.8) is 0 Å². The zero-order valence-corrected chi connectivity index (χ0v) is 11.9. The van der Waals surface area contributed by atoms with Gasteiger partial charge in [0.25, 0.3) is 0 Å². The number of fused-ring (bicyclic) bond motifs is 1. The van der Waals surface area contributed by atoms with Gasteiger partial charge in [0.2, 0.25) is 0 Å². The molecule has 1 aliphatic rings. The van der Waals surface area contributed by atoms with Crippen molar-refractivity contribution in [1.29, 1.82) is 5.26 Å². The number of rotatable bonds is 2. The number of ether oxygens (including phenoxy) is 1. The Kier molecular flexibility index (Phi) is 3.79. The van der Waals surface area contributed by atoms with Gasteiger partial charge in [-0.15, -0.1) is 0 Å². The molecular weight excluding hydrogens is 282 g/mol. The van der Waals surface area contributed by atoms with Crippen molar-refractivity contribution in [2.75, 3.05) is 13.1 Å². The number of carboxylic acid groups (broad SMARTS) is 1. The number of pyridine rings is 1. The summed E-state index contributed by atoms with van der Waals surface area (Å²) >= 11 is 0. The fourth-order valence-electron chi connectivity index (χ4n) is 2.71.